The van der Waals surface area contributed by atoms with E-state index in [1.54, 1.807) is 37.4 Å². The summed E-state index contributed by atoms with van der Waals surface area (Å²) in [4.78, 5) is 28.5. The maximum atomic E-state index is 13.2. The maximum Gasteiger partial charge on any atom is 0.255 e. The molecule has 0 radical (unpaired) electrons. The molecular weight excluding hydrogens is 484 g/mol. The Balaban J connectivity index is 1.54. The summed E-state index contributed by atoms with van der Waals surface area (Å²) in [5.41, 5.74) is 10.0. The van der Waals surface area contributed by atoms with Gasteiger partial charge in [0.15, 0.2) is 11.5 Å². The number of benzene rings is 3. The molecule has 3 aromatic carbocycles. The van der Waals surface area contributed by atoms with Crippen LogP contribution in [0.25, 0.3) is 0 Å². The quantitative estimate of drug-likeness (QED) is 0.378. The minimum atomic E-state index is -0.313. The number of nitrogens with zero attached hydrogens (tertiary/aromatic N) is 1. The van der Waals surface area contributed by atoms with E-state index in [1.807, 2.05) is 30.3 Å². The Labute approximate surface area is 222 Å². The second-order valence-corrected chi connectivity index (χ2v) is 8.99. The van der Waals surface area contributed by atoms with Gasteiger partial charge in [0.05, 0.1) is 27.4 Å². The average molecular weight is 519 g/mol. The Morgan fingerprint density at radius 3 is 2.21 bits per heavy atom. The smallest absolute Gasteiger partial charge is 0.255 e. The first-order valence-electron chi connectivity index (χ1n) is 12.5. The molecule has 9 nitrogen and oxygen atoms in total. The molecule has 0 aliphatic carbocycles. The summed E-state index contributed by atoms with van der Waals surface area (Å²) in [6.45, 7) is 4.41. The minimum absolute atomic E-state index is 0.229. The standard InChI is InChI=1S/C29H34N4O5/c1-36-26-10-9-23(16-27(26)37-2)29(35)32-25-15-22(7-8-24(25)19-33-11-13-38-14-12-33)28(34)31-18-21-5-3-20(17-30)4-6-21/h3-10,15-16H,11-14,17-19,30H2,1-2H3,(H,31,34)(H,32,35). The molecule has 0 spiro atoms. The third kappa shape index (κ3) is 6.89. The summed E-state index contributed by atoms with van der Waals surface area (Å²) in [5.74, 6) is 0.453. The zero-order valence-electron chi connectivity index (χ0n) is 21.8. The summed E-state index contributed by atoms with van der Waals surface area (Å²) in [6.07, 6.45) is 0. The number of nitrogens with one attached hydrogen (secondary N) is 2. The zero-order valence-corrected chi connectivity index (χ0v) is 21.8. The number of methoxy groups -OCH3 is 2. The Kier molecular flexibility index (Phi) is 9.31. The van der Waals surface area contributed by atoms with Gasteiger partial charge in [0.2, 0.25) is 0 Å². The second kappa shape index (κ2) is 13.0. The maximum absolute atomic E-state index is 13.2. The highest BCUT2D eigenvalue weighted by atomic mass is 16.5. The molecule has 1 saturated heterocycles. The fourth-order valence-electron chi connectivity index (χ4n) is 4.22. The summed E-state index contributed by atoms with van der Waals surface area (Å²) < 4.78 is 16.1. The summed E-state index contributed by atoms with van der Waals surface area (Å²) in [5, 5.41) is 5.96. The van der Waals surface area contributed by atoms with Crippen LogP contribution in [-0.4, -0.2) is 57.2 Å². The van der Waals surface area contributed by atoms with Gasteiger partial charge in [-0.15, -0.1) is 0 Å². The number of hydrogen-bond acceptors (Lipinski definition) is 7. The van der Waals surface area contributed by atoms with Gasteiger partial charge < -0.3 is 30.6 Å². The second-order valence-electron chi connectivity index (χ2n) is 8.99. The lowest BCUT2D eigenvalue weighted by molar-refractivity contribution is 0.0342. The first kappa shape index (κ1) is 27.1. The number of amides is 2. The van der Waals surface area contributed by atoms with E-state index in [-0.39, 0.29) is 11.8 Å². The predicted octanol–water partition coefficient (Wildman–Crippen LogP) is 3.18. The topological polar surface area (TPSA) is 115 Å². The van der Waals surface area contributed by atoms with Gasteiger partial charge in [0.25, 0.3) is 11.8 Å². The van der Waals surface area contributed by atoms with Gasteiger partial charge in [-0.05, 0) is 47.0 Å². The number of anilines is 1. The van der Waals surface area contributed by atoms with E-state index in [9.17, 15) is 9.59 Å². The van der Waals surface area contributed by atoms with Gasteiger partial charge >= 0.3 is 0 Å². The van der Waals surface area contributed by atoms with Crippen LogP contribution in [0.15, 0.2) is 60.7 Å². The van der Waals surface area contributed by atoms with E-state index >= 15 is 0 Å². The summed E-state index contributed by atoms with van der Waals surface area (Å²) in [6, 6.07) is 18.2. The first-order valence-corrected chi connectivity index (χ1v) is 12.5. The molecule has 3 aromatic rings. The van der Waals surface area contributed by atoms with Crippen molar-refractivity contribution in [1.29, 1.82) is 0 Å². The molecule has 1 aliphatic rings. The average Bonchev–Trinajstić information content (AvgIpc) is 2.97. The molecule has 2 amide bonds. The number of rotatable bonds is 10. The van der Waals surface area contributed by atoms with Crippen LogP contribution in [0.3, 0.4) is 0 Å². The fourth-order valence-corrected chi connectivity index (χ4v) is 4.22. The van der Waals surface area contributed by atoms with Crippen LogP contribution >= 0.6 is 0 Å². The van der Waals surface area contributed by atoms with Crippen LogP contribution in [0.4, 0.5) is 5.69 Å². The monoisotopic (exact) mass is 518 g/mol. The molecule has 0 unspecified atom stereocenters. The van der Waals surface area contributed by atoms with E-state index < -0.39 is 0 Å². The highest BCUT2D eigenvalue weighted by Gasteiger charge is 2.18. The van der Waals surface area contributed by atoms with E-state index in [1.165, 1.54) is 7.11 Å². The molecule has 0 saturated carbocycles. The van der Waals surface area contributed by atoms with Gasteiger partial charge in [-0.25, -0.2) is 0 Å². The number of hydrogen-bond donors (Lipinski definition) is 3. The first-order chi connectivity index (χ1) is 18.5. The van der Waals surface area contributed by atoms with Gasteiger partial charge in [-0.3, -0.25) is 14.5 Å². The molecule has 1 heterocycles. The number of carbonyl (C=O) groups excluding carboxylic acids is 2. The molecular formula is C29H34N4O5. The van der Waals surface area contributed by atoms with Gasteiger partial charge in [-0.2, -0.15) is 0 Å². The Morgan fingerprint density at radius 1 is 0.868 bits per heavy atom. The van der Waals surface area contributed by atoms with E-state index in [0.717, 1.165) is 29.8 Å². The van der Waals surface area contributed by atoms with E-state index in [0.29, 0.717) is 61.2 Å². The summed E-state index contributed by atoms with van der Waals surface area (Å²) in [7, 11) is 3.07. The van der Waals surface area contributed by atoms with E-state index in [4.69, 9.17) is 19.9 Å². The lowest BCUT2D eigenvalue weighted by Gasteiger charge is -2.27. The number of nitrogens with two attached hydrogens (primary N) is 1. The highest BCUT2D eigenvalue weighted by molar-refractivity contribution is 6.06. The van der Waals surface area contributed by atoms with Crippen molar-refractivity contribution in [2.75, 3.05) is 45.8 Å². The van der Waals surface area contributed by atoms with Crippen LogP contribution in [-0.2, 0) is 24.4 Å². The van der Waals surface area contributed by atoms with Crippen molar-refractivity contribution in [2.24, 2.45) is 5.73 Å². The Morgan fingerprint density at radius 2 is 1.53 bits per heavy atom. The van der Waals surface area contributed by atoms with Crippen molar-refractivity contribution in [3.63, 3.8) is 0 Å². The molecule has 0 atom stereocenters. The molecule has 0 bridgehead atoms. The highest BCUT2D eigenvalue weighted by Crippen LogP contribution is 2.28. The zero-order chi connectivity index (χ0) is 26.9. The number of morpholine rings is 1. The third-order valence-corrected chi connectivity index (χ3v) is 6.48. The van der Waals surface area contributed by atoms with Crippen molar-refractivity contribution in [3.8, 4) is 11.5 Å². The number of ether oxygens (including phenoxy) is 3. The van der Waals surface area contributed by atoms with Gasteiger partial charge in [0, 0.05) is 49.5 Å². The van der Waals surface area contributed by atoms with Crippen LogP contribution < -0.4 is 25.8 Å². The Hall–Kier alpha value is -3.92. The van der Waals surface area contributed by atoms with Crippen LogP contribution in [0.2, 0.25) is 0 Å². The lowest BCUT2D eigenvalue weighted by Crippen LogP contribution is -2.36. The SMILES string of the molecule is COc1ccc(C(=O)Nc2cc(C(=O)NCc3ccc(CN)cc3)ccc2CN2CCOCC2)cc1OC. The van der Waals surface area contributed by atoms with Crippen molar-refractivity contribution in [2.45, 2.75) is 19.6 Å². The van der Waals surface area contributed by atoms with E-state index in [2.05, 4.69) is 15.5 Å². The van der Waals surface area contributed by atoms with Gasteiger partial charge in [-0.1, -0.05) is 30.3 Å². The molecule has 4 rings (SSSR count). The molecule has 0 aromatic heterocycles. The van der Waals surface area contributed by atoms with Crippen LogP contribution in [0.1, 0.15) is 37.4 Å². The van der Waals surface area contributed by atoms with Crippen molar-refractivity contribution in [3.05, 3.63) is 88.5 Å². The lowest BCUT2D eigenvalue weighted by atomic mass is 10.1. The molecule has 200 valence electrons. The molecule has 38 heavy (non-hydrogen) atoms. The largest absolute Gasteiger partial charge is 0.493 e. The van der Waals surface area contributed by atoms with Gasteiger partial charge in [0.1, 0.15) is 0 Å². The molecule has 9 heteroatoms. The van der Waals surface area contributed by atoms with Crippen LogP contribution in [0, 0.1) is 0 Å². The van der Waals surface area contributed by atoms with Crippen molar-refractivity contribution >= 4 is 17.5 Å². The predicted molar refractivity (Wildman–Crippen MR) is 146 cm³/mol. The third-order valence-electron chi connectivity index (χ3n) is 6.48. The minimum Gasteiger partial charge on any atom is -0.493 e. The van der Waals surface area contributed by atoms with Crippen LogP contribution in [0.5, 0.6) is 11.5 Å². The summed E-state index contributed by atoms with van der Waals surface area (Å²) >= 11 is 0. The molecule has 1 fully saturated rings. The molecule has 1 aliphatic heterocycles. The van der Waals surface area contributed by atoms with Crippen molar-refractivity contribution in [1.82, 2.24) is 10.2 Å². The normalized spacial score (nSPS) is 13.6. The number of carbonyl (C=O) groups is 2. The molecule has 4 N–H and O–H groups in total. The Bertz CT molecular complexity index is 1260. The van der Waals surface area contributed by atoms with Crippen molar-refractivity contribution < 1.29 is 23.8 Å². The fraction of sp³-hybridized carbons (Fsp3) is 0.310.